The van der Waals surface area contributed by atoms with E-state index < -0.39 is 0 Å². The number of nitrogens with two attached hydrogens (primary N) is 1. The molecule has 0 atom stereocenters. The lowest BCUT2D eigenvalue weighted by molar-refractivity contribution is 0.0509. The first-order valence-electron chi connectivity index (χ1n) is 3.15. The molecule has 1 aromatic rings. The summed E-state index contributed by atoms with van der Waals surface area (Å²) in [6, 6.07) is 1.69. The van der Waals surface area contributed by atoms with Gasteiger partial charge in [0.25, 0.3) is 0 Å². The van der Waals surface area contributed by atoms with E-state index in [-0.39, 0.29) is 6.79 Å². The van der Waals surface area contributed by atoms with Crippen molar-refractivity contribution in [3.8, 4) is 5.75 Å². The molecule has 0 aliphatic carbocycles. The lowest BCUT2D eigenvalue weighted by atomic mass is 10.4. The van der Waals surface area contributed by atoms with Gasteiger partial charge in [-0.2, -0.15) is 0 Å². The van der Waals surface area contributed by atoms with Crippen molar-refractivity contribution in [2.24, 2.45) is 0 Å². The first-order chi connectivity index (χ1) is 5.33. The molecule has 0 amide bonds. The van der Waals surface area contributed by atoms with E-state index in [1.54, 1.807) is 25.6 Å². The Hall–Kier alpha value is -1.29. The molecular formula is C7H10N2O2. The smallest absolute Gasteiger partial charge is 0.188 e. The first-order valence-corrected chi connectivity index (χ1v) is 3.15. The van der Waals surface area contributed by atoms with Crippen molar-refractivity contribution in [3.63, 3.8) is 0 Å². The summed E-state index contributed by atoms with van der Waals surface area (Å²) >= 11 is 0. The average molecular weight is 154 g/mol. The van der Waals surface area contributed by atoms with Gasteiger partial charge in [-0.25, -0.2) is 0 Å². The molecule has 0 saturated heterocycles. The number of ether oxygens (including phenoxy) is 2. The largest absolute Gasteiger partial charge is 0.466 e. The van der Waals surface area contributed by atoms with Gasteiger partial charge in [-0.15, -0.1) is 0 Å². The van der Waals surface area contributed by atoms with Crippen LogP contribution in [0.5, 0.6) is 5.75 Å². The van der Waals surface area contributed by atoms with Crippen LogP contribution in [0, 0.1) is 0 Å². The van der Waals surface area contributed by atoms with Crippen molar-refractivity contribution in [2.45, 2.75) is 0 Å². The van der Waals surface area contributed by atoms with E-state index >= 15 is 0 Å². The van der Waals surface area contributed by atoms with Crippen molar-refractivity contribution in [3.05, 3.63) is 18.5 Å². The Labute approximate surface area is 64.9 Å². The number of pyridine rings is 1. The second-order valence-corrected chi connectivity index (χ2v) is 2.00. The molecule has 0 radical (unpaired) electrons. The summed E-state index contributed by atoms with van der Waals surface area (Å²) in [5.41, 5.74) is 6.03. The molecule has 4 heteroatoms. The molecule has 0 saturated carbocycles. The zero-order valence-corrected chi connectivity index (χ0v) is 6.28. The summed E-state index contributed by atoms with van der Waals surface area (Å²) in [6.07, 6.45) is 3.13. The summed E-state index contributed by atoms with van der Waals surface area (Å²) in [5.74, 6) is 0.617. The van der Waals surface area contributed by atoms with Gasteiger partial charge in [0.1, 0.15) is 5.75 Å². The maximum absolute atomic E-state index is 5.45. The summed E-state index contributed by atoms with van der Waals surface area (Å²) < 4.78 is 9.77. The highest BCUT2D eigenvalue weighted by Crippen LogP contribution is 2.11. The van der Waals surface area contributed by atoms with E-state index in [0.29, 0.717) is 11.4 Å². The fourth-order valence-electron chi connectivity index (χ4n) is 0.641. The van der Waals surface area contributed by atoms with Crippen molar-refractivity contribution in [2.75, 3.05) is 19.6 Å². The number of hydrogen-bond acceptors (Lipinski definition) is 4. The normalized spacial score (nSPS) is 9.55. The highest BCUT2D eigenvalue weighted by atomic mass is 16.7. The highest BCUT2D eigenvalue weighted by molar-refractivity contribution is 5.39. The van der Waals surface area contributed by atoms with Gasteiger partial charge in [-0.05, 0) is 0 Å². The number of hydrogen-bond donors (Lipinski definition) is 1. The van der Waals surface area contributed by atoms with Crippen LogP contribution in [-0.2, 0) is 4.74 Å². The molecule has 1 heterocycles. The molecule has 0 fully saturated rings. The monoisotopic (exact) mass is 154 g/mol. The average Bonchev–Trinajstić information content (AvgIpc) is 2.01. The second-order valence-electron chi connectivity index (χ2n) is 2.00. The minimum absolute atomic E-state index is 0.213. The van der Waals surface area contributed by atoms with E-state index in [9.17, 15) is 0 Å². The van der Waals surface area contributed by atoms with Crippen LogP contribution < -0.4 is 10.5 Å². The summed E-state index contributed by atoms with van der Waals surface area (Å²) in [5, 5.41) is 0. The molecule has 2 N–H and O–H groups in total. The quantitative estimate of drug-likeness (QED) is 0.649. The van der Waals surface area contributed by atoms with Gasteiger partial charge in [0, 0.05) is 13.2 Å². The van der Waals surface area contributed by atoms with Crippen molar-refractivity contribution >= 4 is 5.69 Å². The lowest BCUT2D eigenvalue weighted by Gasteiger charge is -2.03. The van der Waals surface area contributed by atoms with Crippen molar-refractivity contribution in [1.29, 1.82) is 0 Å². The van der Waals surface area contributed by atoms with E-state index in [1.807, 2.05) is 0 Å². The molecule has 0 bridgehead atoms. The van der Waals surface area contributed by atoms with Gasteiger partial charge in [0.2, 0.25) is 0 Å². The van der Waals surface area contributed by atoms with Crippen molar-refractivity contribution < 1.29 is 9.47 Å². The maximum Gasteiger partial charge on any atom is 0.188 e. The van der Waals surface area contributed by atoms with E-state index in [0.717, 1.165) is 0 Å². The second kappa shape index (κ2) is 3.78. The number of aromatic nitrogens is 1. The molecule has 1 rings (SSSR count). The number of nitrogens with zero attached hydrogens (tertiary/aromatic N) is 1. The Morgan fingerprint density at radius 2 is 2.36 bits per heavy atom. The Kier molecular flexibility index (Phi) is 2.68. The van der Waals surface area contributed by atoms with Gasteiger partial charge in [0.05, 0.1) is 18.1 Å². The SMILES string of the molecule is COCOc1cncc(N)c1. The number of rotatable bonds is 3. The van der Waals surface area contributed by atoms with E-state index in [2.05, 4.69) is 4.98 Å². The molecule has 60 valence electrons. The molecule has 0 unspecified atom stereocenters. The van der Waals surface area contributed by atoms with Gasteiger partial charge >= 0.3 is 0 Å². The lowest BCUT2D eigenvalue weighted by Crippen LogP contribution is -1.99. The Morgan fingerprint density at radius 1 is 1.55 bits per heavy atom. The van der Waals surface area contributed by atoms with Crippen LogP contribution in [0.1, 0.15) is 0 Å². The summed E-state index contributed by atoms with van der Waals surface area (Å²) in [7, 11) is 1.56. The maximum atomic E-state index is 5.45. The Bertz CT molecular complexity index is 227. The molecule has 4 nitrogen and oxygen atoms in total. The summed E-state index contributed by atoms with van der Waals surface area (Å²) in [4.78, 5) is 3.83. The van der Waals surface area contributed by atoms with Crippen LogP contribution in [0.3, 0.4) is 0 Å². The predicted molar refractivity (Wildman–Crippen MR) is 41.2 cm³/mol. The molecular weight excluding hydrogens is 144 g/mol. The topological polar surface area (TPSA) is 57.4 Å². The Morgan fingerprint density at radius 3 is 3.00 bits per heavy atom. The van der Waals surface area contributed by atoms with Crippen LogP contribution in [0.2, 0.25) is 0 Å². The van der Waals surface area contributed by atoms with Crippen LogP contribution in [-0.4, -0.2) is 18.9 Å². The number of anilines is 1. The minimum atomic E-state index is 0.213. The van der Waals surface area contributed by atoms with Crippen LogP contribution in [0.15, 0.2) is 18.5 Å². The standard InChI is InChI=1S/C7H10N2O2/c1-10-5-11-7-2-6(8)3-9-4-7/h2-4H,5,8H2,1H3. The molecule has 0 aliphatic rings. The van der Waals surface area contributed by atoms with Gasteiger partial charge in [-0.3, -0.25) is 4.98 Å². The van der Waals surface area contributed by atoms with Crippen molar-refractivity contribution in [1.82, 2.24) is 4.98 Å². The molecule has 0 aromatic carbocycles. The zero-order valence-electron chi connectivity index (χ0n) is 6.28. The third-order valence-electron chi connectivity index (χ3n) is 1.08. The van der Waals surface area contributed by atoms with Gasteiger partial charge in [-0.1, -0.05) is 0 Å². The predicted octanol–water partition coefficient (Wildman–Crippen LogP) is 0.647. The summed E-state index contributed by atoms with van der Waals surface area (Å²) in [6.45, 7) is 0.213. The fraction of sp³-hybridized carbons (Fsp3) is 0.286. The molecule has 0 aliphatic heterocycles. The third-order valence-corrected chi connectivity index (χ3v) is 1.08. The van der Waals surface area contributed by atoms with Crippen LogP contribution >= 0.6 is 0 Å². The van der Waals surface area contributed by atoms with Gasteiger partial charge < -0.3 is 15.2 Å². The third kappa shape index (κ3) is 2.43. The number of nitrogen functional groups attached to an aromatic ring is 1. The van der Waals surface area contributed by atoms with E-state index in [4.69, 9.17) is 15.2 Å². The first kappa shape index (κ1) is 7.81. The fourth-order valence-corrected chi connectivity index (χ4v) is 0.641. The van der Waals surface area contributed by atoms with Crippen LogP contribution in [0.4, 0.5) is 5.69 Å². The zero-order chi connectivity index (χ0) is 8.10. The number of methoxy groups -OCH3 is 1. The molecule has 11 heavy (non-hydrogen) atoms. The Balaban J connectivity index is 2.56. The van der Waals surface area contributed by atoms with Crippen LogP contribution in [0.25, 0.3) is 0 Å². The van der Waals surface area contributed by atoms with Gasteiger partial charge in [0.15, 0.2) is 6.79 Å². The minimum Gasteiger partial charge on any atom is -0.466 e. The highest BCUT2D eigenvalue weighted by Gasteiger charge is 1.92. The van der Waals surface area contributed by atoms with E-state index in [1.165, 1.54) is 0 Å². The molecule has 0 spiro atoms. The molecule has 1 aromatic heterocycles.